The molecule has 2 aromatic heterocycles. The molecule has 2 N–H and O–H groups in total. The average molecular weight is 412 g/mol. The van der Waals surface area contributed by atoms with Crippen molar-refractivity contribution >= 4 is 5.69 Å². The minimum absolute atomic E-state index is 0.193. The fraction of sp³-hybridized carbons (Fsp3) is 0.188. The van der Waals surface area contributed by atoms with Crippen LogP contribution in [0.25, 0.3) is 22.8 Å². The maximum absolute atomic E-state index is 13.5. The van der Waals surface area contributed by atoms with Crippen LogP contribution in [0.1, 0.15) is 17.0 Å². The highest BCUT2D eigenvalue weighted by Crippen LogP contribution is 2.41. The van der Waals surface area contributed by atoms with Crippen LogP contribution in [0.15, 0.2) is 22.7 Å². The van der Waals surface area contributed by atoms with Crippen LogP contribution in [-0.2, 0) is 6.18 Å². The molecule has 0 saturated carbocycles. The molecule has 0 aliphatic heterocycles. The quantitative estimate of drug-likeness (QED) is 0.219. The molecule has 0 aliphatic rings. The summed E-state index contributed by atoms with van der Waals surface area (Å²) in [6, 6.07) is 2.30. The number of pyridine rings is 1. The molecule has 2 heterocycles. The van der Waals surface area contributed by atoms with Crippen LogP contribution >= 0.6 is 0 Å². The third kappa shape index (κ3) is 3.37. The van der Waals surface area contributed by atoms with Crippen molar-refractivity contribution in [2.24, 2.45) is 0 Å². The van der Waals surface area contributed by atoms with E-state index in [1.54, 1.807) is 0 Å². The number of nitrogens with zero attached hydrogens (tertiary/aromatic N) is 4. The Labute approximate surface area is 159 Å². The summed E-state index contributed by atoms with van der Waals surface area (Å²) in [4.78, 5) is 13.8. The third-order valence-corrected chi connectivity index (χ3v) is 4.08. The number of halogens is 3. The summed E-state index contributed by atoms with van der Waals surface area (Å²) in [5, 5.41) is 45.6. The van der Waals surface area contributed by atoms with Gasteiger partial charge in [-0.2, -0.15) is 22.9 Å². The van der Waals surface area contributed by atoms with Crippen molar-refractivity contribution in [1.82, 2.24) is 10.1 Å². The molecule has 0 spiro atoms. The van der Waals surface area contributed by atoms with Gasteiger partial charge in [0.2, 0.25) is 17.3 Å². The summed E-state index contributed by atoms with van der Waals surface area (Å²) >= 11 is 0. The topological polar surface area (TPSA) is 149 Å². The fourth-order valence-electron chi connectivity index (χ4n) is 2.72. The van der Waals surface area contributed by atoms with Gasteiger partial charge in [0.15, 0.2) is 11.4 Å². The van der Waals surface area contributed by atoms with E-state index >= 15 is 0 Å². The first kappa shape index (κ1) is 19.9. The van der Waals surface area contributed by atoms with Gasteiger partial charge in [-0.25, -0.2) is 0 Å². The first-order chi connectivity index (χ1) is 13.4. The lowest BCUT2D eigenvalue weighted by Gasteiger charge is -2.14. The van der Waals surface area contributed by atoms with Crippen molar-refractivity contribution in [3.63, 3.8) is 0 Å². The van der Waals surface area contributed by atoms with Gasteiger partial charge in [0, 0.05) is 26.0 Å². The van der Waals surface area contributed by atoms with Crippen LogP contribution in [0.2, 0.25) is 0 Å². The second-order valence-corrected chi connectivity index (χ2v) is 6.00. The van der Waals surface area contributed by atoms with E-state index in [1.165, 1.54) is 6.92 Å². The van der Waals surface area contributed by atoms with E-state index < -0.39 is 51.1 Å². The predicted octanol–water partition coefficient (Wildman–Crippen LogP) is 2.99. The zero-order valence-corrected chi connectivity index (χ0v) is 14.7. The summed E-state index contributed by atoms with van der Waals surface area (Å²) < 4.78 is 45.5. The molecule has 0 atom stereocenters. The van der Waals surface area contributed by atoms with Crippen LogP contribution in [-0.4, -0.2) is 25.3 Å². The largest absolute Gasteiger partial charge is 0.618 e. The number of aromatic nitrogens is 3. The van der Waals surface area contributed by atoms with Gasteiger partial charge in [0.05, 0.1) is 16.1 Å². The molecule has 0 fully saturated rings. The van der Waals surface area contributed by atoms with Gasteiger partial charge in [-0.1, -0.05) is 5.16 Å². The number of aryl methyl sites for hydroxylation is 1. The minimum atomic E-state index is -4.82. The molecular formula is C16H11F3N4O6. The van der Waals surface area contributed by atoms with Crippen molar-refractivity contribution in [1.29, 1.82) is 0 Å². The van der Waals surface area contributed by atoms with E-state index in [1.807, 2.05) is 0 Å². The number of alkyl halides is 3. The lowest BCUT2D eigenvalue weighted by atomic mass is 10.0. The molecule has 0 amide bonds. The molecule has 3 aromatic rings. The second-order valence-electron chi connectivity index (χ2n) is 6.00. The van der Waals surface area contributed by atoms with Crippen LogP contribution in [0, 0.1) is 29.2 Å². The Morgan fingerprint density at radius 3 is 2.45 bits per heavy atom. The Kier molecular flexibility index (Phi) is 4.53. The summed E-state index contributed by atoms with van der Waals surface area (Å²) in [6.07, 6.45) is -4.82. The molecule has 3 rings (SSSR count). The van der Waals surface area contributed by atoms with Crippen LogP contribution in [0.3, 0.4) is 0 Å². The molecular weight excluding hydrogens is 401 g/mol. The van der Waals surface area contributed by atoms with Crippen molar-refractivity contribution in [3.05, 3.63) is 50.5 Å². The second kappa shape index (κ2) is 6.61. The molecule has 10 nitrogen and oxygen atoms in total. The smallest absolute Gasteiger partial charge is 0.417 e. The maximum Gasteiger partial charge on any atom is 0.417 e. The predicted molar refractivity (Wildman–Crippen MR) is 88.6 cm³/mol. The Morgan fingerprint density at radius 2 is 1.86 bits per heavy atom. The van der Waals surface area contributed by atoms with E-state index in [9.17, 15) is 38.7 Å². The van der Waals surface area contributed by atoms with Crippen LogP contribution in [0.4, 0.5) is 18.9 Å². The highest BCUT2D eigenvalue weighted by Gasteiger charge is 2.39. The summed E-state index contributed by atoms with van der Waals surface area (Å²) in [6.45, 7) is 2.36. The number of aromatic hydroxyl groups is 2. The van der Waals surface area contributed by atoms with Gasteiger partial charge in [0.1, 0.15) is 5.56 Å². The number of hydrogen-bond donors (Lipinski definition) is 2. The van der Waals surface area contributed by atoms with E-state index in [0.717, 1.165) is 19.1 Å². The van der Waals surface area contributed by atoms with Crippen LogP contribution < -0.4 is 4.73 Å². The van der Waals surface area contributed by atoms with Crippen molar-refractivity contribution in [2.45, 2.75) is 20.0 Å². The van der Waals surface area contributed by atoms with Crippen molar-refractivity contribution in [3.8, 4) is 34.3 Å². The monoisotopic (exact) mass is 412 g/mol. The SMILES string of the molecule is Cc1cc(C(F)(F)F)c(-c2noc(-c3cc(O)c(O)c([N+](=O)[O-])c3)n2)c(C)[n+]1[O-]. The molecule has 0 unspecified atom stereocenters. The Bertz CT molecular complexity index is 1140. The molecule has 0 radical (unpaired) electrons. The minimum Gasteiger partial charge on any atom is -0.618 e. The Balaban J connectivity index is 2.20. The summed E-state index contributed by atoms with van der Waals surface area (Å²) in [5.41, 5.74) is -3.40. The zero-order chi connectivity index (χ0) is 21.7. The maximum atomic E-state index is 13.5. The number of benzene rings is 1. The van der Waals surface area contributed by atoms with Crippen molar-refractivity contribution < 1.29 is 37.6 Å². The van der Waals surface area contributed by atoms with E-state index in [-0.39, 0.29) is 21.7 Å². The average Bonchev–Trinajstić information content (AvgIpc) is 3.10. The standard InChI is InChI=1S/C16H11F3N4O6/c1-6-3-9(16(17,18)19)12(7(2)22(6)26)14-20-15(29-21-14)8-4-10(23(27)28)13(25)11(24)5-8/h3-5,24-25H,1-2H3. The molecule has 152 valence electrons. The highest BCUT2D eigenvalue weighted by molar-refractivity contribution is 5.70. The first-order valence-electron chi connectivity index (χ1n) is 7.77. The molecule has 0 bridgehead atoms. The van der Waals surface area contributed by atoms with Gasteiger partial charge in [-0.05, 0) is 6.07 Å². The number of phenolic OH excluding ortho intramolecular Hbond substituents is 2. The summed E-state index contributed by atoms with van der Waals surface area (Å²) in [7, 11) is 0. The number of nitro groups is 1. The molecule has 29 heavy (non-hydrogen) atoms. The van der Waals surface area contributed by atoms with Gasteiger partial charge < -0.3 is 19.9 Å². The lowest BCUT2D eigenvalue weighted by molar-refractivity contribution is -0.618. The number of rotatable bonds is 3. The summed E-state index contributed by atoms with van der Waals surface area (Å²) in [5.74, 6) is -2.91. The normalized spacial score (nSPS) is 11.6. The molecule has 0 saturated heterocycles. The van der Waals surface area contributed by atoms with Gasteiger partial charge in [0.25, 0.3) is 5.89 Å². The van der Waals surface area contributed by atoms with E-state index in [2.05, 4.69) is 10.1 Å². The third-order valence-electron chi connectivity index (χ3n) is 4.08. The number of phenols is 2. The number of nitro benzene ring substituents is 1. The lowest BCUT2D eigenvalue weighted by Crippen LogP contribution is -2.35. The van der Waals surface area contributed by atoms with E-state index in [4.69, 9.17) is 4.52 Å². The van der Waals surface area contributed by atoms with E-state index in [0.29, 0.717) is 6.07 Å². The number of hydrogen-bond acceptors (Lipinski definition) is 8. The molecule has 1 aromatic carbocycles. The van der Waals surface area contributed by atoms with Gasteiger partial charge in [-0.3, -0.25) is 10.1 Å². The highest BCUT2D eigenvalue weighted by atomic mass is 19.4. The molecule has 13 heteroatoms. The van der Waals surface area contributed by atoms with Gasteiger partial charge >= 0.3 is 11.9 Å². The van der Waals surface area contributed by atoms with Crippen LogP contribution in [0.5, 0.6) is 11.5 Å². The van der Waals surface area contributed by atoms with Crippen molar-refractivity contribution in [2.75, 3.05) is 0 Å². The zero-order valence-electron chi connectivity index (χ0n) is 14.7. The molecule has 0 aliphatic carbocycles. The fourth-order valence-corrected chi connectivity index (χ4v) is 2.72. The Morgan fingerprint density at radius 1 is 1.21 bits per heavy atom. The Hall–Kier alpha value is -3.90. The van der Waals surface area contributed by atoms with Gasteiger partial charge in [-0.15, -0.1) is 0 Å². The first-order valence-corrected chi connectivity index (χ1v) is 7.77.